The lowest BCUT2D eigenvalue weighted by Gasteiger charge is -2.21. The molecule has 0 unspecified atom stereocenters. The highest BCUT2D eigenvalue weighted by atomic mass is 79.9. The monoisotopic (exact) mass is 273 g/mol. The Hall–Kier alpha value is 0.140. The number of thiophene rings is 1. The largest absolute Gasteiger partial charge is 0.316 e. The molecule has 0 amide bonds. The van der Waals surface area contributed by atoms with Crippen LogP contribution >= 0.6 is 27.3 Å². The smallest absolute Gasteiger partial charge is 0.0730 e. The molecule has 2 heterocycles. The molecule has 78 valence electrons. The van der Waals surface area contributed by atoms with Crippen LogP contribution in [0.15, 0.2) is 9.85 Å². The SMILES string of the molecule is Cc1cc(C[C@H]2CCCNC2)sc1Br. The van der Waals surface area contributed by atoms with Crippen molar-refractivity contribution in [3.05, 3.63) is 20.3 Å². The molecule has 0 saturated carbocycles. The van der Waals surface area contributed by atoms with Crippen molar-refractivity contribution in [1.29, 1.82) is 0 Å². The van der Waals surface area contributed by atoms with Gasteiger partial charge in [0.05, 0.1) is 3.79 Å². The van der Waals surface area contributed by atoms with E-state index < -0.39 is 0 Å². The normalized spacial score (nSPS) is 22.6. The molecule has 14 heavy (non-hydrogen) atoms. The van der Waals surface area contributed by atoms with E-state index in [4.69, 9.17) is 0 Å². The first-order valence-electron chi connectivity index (χ1n) is 5.21. The Morgan fingerprint density at radius 3 is 3.07 bits per heavy atom. The summed E-state index contributed by atoms with van der Waals surface area (Å²) in [5.74, 6) is 0.855. The topological polar surface area (TPSA) is 12.0 Å². The molecule has 3 heteroatoms. The molecule has 0 bridgehead atoms. The minimum atomic E-state index is 0.855. The van der Waals surface area contributed by atoms with Crippen molar-refractivity contribution in [2.24, 2.45) is 5.92 Å². The van der Waals surface area contributed by atoms with Gasteiger partial charge in [-0.15, -0.1) is 11.3 Å². The standard InChI is InChI=1S/C11H16BrNS/c1-8-5-10(14-11(8)12)6-9-3-2-4-13-7-9/h5,9,13H,2-4,6-7H2,1H3/t9-/m1/s1. The number of hydrogen-bond donors (Lipinski definition) is 1. The average molecular weight is 274 g/mol. The molecule has 1 aliphatic rings. The molecule has 1 N–H and O–H groups in total. The van der Waals surface area contributed by atoms with E-state index in [1.165, 1.54) is 46.6 Å². The fourth-order valence-electron chi connectivity index (χ4n) is 2.01. The Balaban J connectivity index is 1.95. The first-order valence-corrected chi connectivity index (χ1v) is 6.82. The maximum atomic E-state index is 3.58. The molecule has 0 spiro atoms. The fourth-order valence-corrected chi connectivity index (χ4v) is 3.75. The zero-order valence-electron chi connectivity index (χ0n) is 8.48. The van der Waals surface area contributed by atoms with Crippen LogP contribution in [0.1, 0.15) is 23.3 Å². The van der Waals surface area contributed by atoms with Crippen molar-refractivity contribution in [2.45, 2.75) is 26.2 Å². The average Bonchev–Trinajstić information content (AvgIpc) is 2.47. The molecular formula is C11H16BrNS. The van der Waals surface area contributed by atoms with Gasteiger partial charge in [0.1, 0.15) is 0 Å². The summed E-state index contributed by atoms with van der Waals surface area (Å²) in [7, 11) is 0. The third-order valence-corrected chi connectivity index (χ3v) is 4.96. The Kier molecular flexibility index (Phi) is 3.63. The number of aryl methyl sites for hydroxylation is 1. The molecule has 1 aromatic rings. The van der Waals surface area contributed by atoms with Crippen molar-refractivity contribution < 1.29 is 0 Å². The van der Waals surface area contributed by atoms with E-state index in [1.807, 2.05) is 11.3 Å². The van der Waals surface area contributed by atoms with Crippen LogP contribution in [0.5, 0.6) is 0 Å². The minimum Gasteiger partial charge on any atom is -0.316 e. The lowest BCUT2D eigenvalue weighted by atomic mass is 9.95. The summed E-state index contributed by atoms with van der Waals surface area (Å²) in [6.45, 7) is 4.58. The quantitative estimate of drug-likeness (QED) is 0.872. The first kappa shape index (κ1) is 10.7. The van der Waals surface area contributed by atoms with E-state index in [9.17, 15) is 0 Å². The van der Waals surface area contributed by atoms with Gasteiger partial charge in [0, 0.05) is 4.88 Å². The predicted molar refractivity (Wildman–Crippen MR) is 66.1 cm³/mol. The summed E-state index contributed by atoms with van der Waals surface area (Å²) >= 11 is 5.48. The van der Waals surface area contributed by atoms with E-state index in [2.05, 4.69) is 34.2 Å². The number of piperidine rings is 1. The third-order valence-electron chi connectivity index (χ3n) is 2.80. The van der Waals surface area contributed by atoms with Crippen LogP contribution in [0.25, 0.3) is 0 Å². The van der Waals surface area contributed by atoms with Crippen molar-refractivity contribution >= 4 is 27.3 Å². The predicted octanol–water partition coefficient (Wildman–Crippen LogP) is 3.36. The number of nitrogens with one attached hydrogen (secondary N) is 1. The van der Waals surface area contributed by atoms with Crippen molar-refractivity contribution in [3.8, 4) is 0 Å². The lowest BCUT2D eigenvalue weighted by Crippen LogP contribution is -2.30. The number of halogens is 1. The van der Waals surface area contributed by atoms with Crippen LogP contribution in [0.3, 0.4) is 0 Å². The number of rotatable bonds is 2. The fraction of sp³-hybridized carbons (Fsp3) is 0.636. The van der Waals surface area contributed by atoms with Crippen LogP contribution in [-0.2, 0) is 6.42 Å². The molecule has 0 aliphatic carbocycles. The van der Waals surface area contributed by atoms with E-state index in [1.54, 1.807) is 0 Å². The van der Waals surface area contributed by atoms with Crippen LogP contribution < -0.4 is 5.32 Å². The highest BCUT2D eigenvalue weighted by molar-refractivity contribution is 9.11. The molecule has 1 atom stereocenters. The summed E-state index contributed by atoms with van der Waals surface area (Å²) in [5, 5.41) is 3.47. The van der Waals surface area contributed by atoms with Gasteiger partial charge in [0.2, 0.25) is 0 Å². The summed E-state index contributed by atoms with van der Waals surface area (Å²) in [5.41, 5.74) is 1.38. The van der Waals surface area contributed by atoms with Crippen LogP contribution in [-0.4, -0.2) is 13.1 Å². The van der Waals surface area contributed by atoms with Crippen LogP contribution in [0.4, 0.5) is 0 Å². The molecule has 2 rings (SSSR count). The van der Waals surface area contributed by atoms with Gasteiger partial charge in [-0.25, -0.2) is 0 Å². The van der Waals surface area contributed by atoms with Crippen LogP contribution in [0.2, 0.25) is 0 Å². The molecule has 1 fully saturated rings. The number of hydrogen-bond acceptors (Lipinski definition) is 2. The summed E-state index contributed by atoms with van der Waals surface area (Å²) in [6.07, 6.45) is 3.99. The van der Waals surface area contributed by atoms with Gasteiger partial charge in [-0.1, -0.05) is 0 Å². The Bertz CT molecular complexity index is 283. The van der Waals surface area contributed by atoms with Gasteiger partial charge in [0.15, 0.2) is 0 Å². The maximum Gasteiger partial charge on any atom is 0.0730 e. The molecule has 1 nitrogen and oxygen atoms in total. The molecule has 1 aliphatic heterocycles. The second kappa shape index (κ2) is 4.77. The second-order valence-electron chi connectivity index (χ2n) is 4.09. The lowest BCUT2D eigenvalue weighted by molar-refractivity contribution is 0.378. The molecule has 0 aromatic carbocycles. The van der Waals surface area contributed by atoms with Gasteiger partial charge in [-0.3, -0.25) is 0 Å². The zero-order chi connectivity index (χ0) is 9.97. The highest BCUT2D eigenvalue weighted by Gasteiger charge is 2.14. The summed E-state index contributed by atoms with van der Waals surface area (Å²) in [4.78, 5) is 1.53. The molecule has 0 radical (unpaired) electrons. The van der Waals surface area contributed by atoms with Crippen LogP contribution in [0, 0.1) is 12.8 Å². The van der Waals surface area contributed by atoms with Gasteiger partial charge in [-0.05, 0) is 72.8 Å². The molecule has 1 saturated heterocycles. The van der Waals surface area contributed by atoms with Crippen molar-refractivity contribution in [1.82, 2.24) is 5.32 Å². The Morgan fingerprint density at radius 2 is 2.50 bits per heavy atom. The second-order valence-corrected chi connectivity index (χ2v) is 6.54. The van der Waals surface area contributed by atoms with E-state index >= 15 is 0 Å². The van der Waals surface area contributed by atoms with E-state index in [0.717, 1.165) is 5.92 Å². The third kappa shape index (κ3) is 2.59. The van der Waals surface area contributed by atoms with Gasteiger partial charge < -0.3 is 5.32 Å². The van der Waals surface area contributed by atoms with Crippen molar-refractivity contribution in [2.75, 3.05) is 13.1 Å². The molecular weight excluding hydrogens is 258 g/mol. The van der Waals surface area contributed by atoms with E-state index in [-0.39, 0.29) is 0 Å². The summed E-state index contributed by atoms with van der Waals surface area (Å²) < 4.78 is 1.30. The van der Waals surface area contributed by atoms with E-state index in [0.29, 0.717) is 0 Å². The minimum absolute atomic E-state index is 0.855. The Morgan fingerprint density at radius 1 is 1.64 bits per heavy atom. The Labute approximate surface area is 98.0 Å². The van der Waals surface area contributed by atoms with Gasteiger partial charge >= 0.3 is 0 Å². The summed E-state index contributed by atoms with van der Waals surface area (Å²) in [6, 6.07) is 2.32. The molecule has 1 aromatic heterocycles. The highest BCUT2D eigenvalue weighted by Crippen LogP contribution is 2.30. The maximum absolute atomic E-state index is 3.58. The van der Waals surface area contributed by atoms with Gasteiger partial charge in [-0.2, -0.15) is 0 Å². The van der Waals surface area contributed by atoms with Gasteiger partial charge in [0.25, 0.3) is 0 Å². The van der Waals surface area contributed by atoms with Crippen molar-refractivity contribution in [3.63, 3.8) is 0 Å². The first-order chi connectivity index (χ1) is 6.75. The zero-order valence-corrected chi connectivity index (χ0v) is 10.9.